The zero-order chi connectivity index (χ0) is 19.4. The van der Waals surface area contributed by atoms with Gasteiger partial charge in [-0.2, -0.15) is 0 Å². The Morgan fingerprint density at radius 3 is 2.52 bits per heavy atom. The van der Waals surface area contributed by atoms with Gasteiger partial charge in [-0.1, -0.05) is 29.8 Å². The van der Waals surface area contributed by atoms with Crippen molar-refractivity contribution >= 4 is 20.9 Å². The molecule has 2 aromatic carbocycles. The molecule has 0 aliphatic rings. The molecule has 0 saturated carbocycles. The Kier molecular flexibility index (Phi) is 5.62. The van der Waals surface area contributed by atoms with Gasteiger partial charge >= 0.3 is 0 Å². The number of hydrogen-bond acceptors (Lipinski definition) is 4. The lowest BCUT2D eigenvalue weighted by Crippen LogP contribution is -2.28. The van der Waals surface area contributed by atoms with E-state index in [1.165, 1.54) is 0 Å². The molecule has 0 atom stereocenters. The standard InChI is InChI=1S/C20H22N2O4S/c1-14-3-5-15(6-4-14)13-27(24,25)21-10-9-16-11-17-12-18(26-2)7-8-19(17)22-20(16)23/h3-8,11-12,21H,9-10,13H2,1-2H3,(H,22,23). The van der Waals surface area contributed by atoms with Crippen LogP contribution in [0.1, 0.15) is 16.7 Å². The average Bonchev–Trinajstić information content (AvgIpc) is 2.63. The summed E-state index contributed by atoms with van der Waals surface area (Å²) in [6.07, 6.45) is 0.301. The summed E-state index contributed by atoms with van der Waals surface area (Å²) in [5.41, 5.74) is 2.82. The van der Waals surface area contributed by atoms with Gasteiger partial charge < -0.3 is 9.72 Å². The minimum Gasteiger partial charge on any atom is -0.497 e. The van der Waals surface area contributed by atoms with Crippen molar-refractivity contribution < 1.29 is 13.2 Å². The van der Waals surface area contributed by atoms with Crippen molar-refractivity contribution in [3.8, 4) is 5.75 Å². The Morgan fingerprint density at radius 2 is 1.81 bits per heavy atom. The quantitative estimate of drug-likeness (QED) is 0.653. The number of nitrogens with one attached hydrogen (secondary N) is 2. The van der Waals surface area contributed by atoms with Crippen LogP contribution in [0, 0.1) is 6.92 Å². The maximum atomic E-state index is 12.2. The Balaban J connectivity index is 1.68. The molecule has 0 amide bonds. The van der Waals surface area contributed by atoms with E-state index < -0.39 is 10.0 Å². The molecule has 0 unspecified atom stereocenters. The lowest BCUT2D eigenvalue weighted by molar-refractivity contribution is 0.415. The highest BCUT2D eigenvalue weighted by Crippen LogP contribution is 2.18. The number of sulfonamides is 1. The summed E-state index contributed by atoms with van der Waals surface area (Å²) in [6, 6.07) is 14.5. The van der Waals surface area contributed by atoms with Crippen molar-refractivity contribution in [2.45, 2.75) is 19.1 Å². The first-order valence-corrected chi connectivity index (χ1v) is 10.2. The van der Waals surface area contributed by atoms with E-state index in [1.807, 2.05) is 25.1 Å². The molecule has 0 bridgehead atoms. The minimum absolute atomic E-state index is 0.0848. The molecule has 142 valence electrons. The molecule has 0 aliphatic carbocycles. The van der Waals surface area contributed by atoms with Crippen LogP contribution in [0.25, 0.3) is 10.9 Å². The summed E-state index contributed by atoms with van der Waals surface area (Å²) >= 11 is 0. The summed E-state index contributed by atoms with van der Waals surface area (Å²) in [5, 5.41) is 0.839. The van der Waals surface area contributed by atoms with Gasteiger partial charge in [-0.15, -0.1) is 0 Å². The predicted molar refractivity (Wildman–Crippen MR) is 107 cm³/mol. The number of H-pyrrole nitrogens is 1. The molecule has 27 heavy (non-hydrogen) atoms. The van der Waals surface area contributed by atoms with E-state index in [0.717, 1.165) is 16.5 Å². The number of aryl methyl sites for hydroxylation is 1. The number of pyridine rings is 1. The zero-order valence-electron chi connectivity index (χ0n) is 15.3. The maximum Gasteiger partial charge on any atom is 0.251 e. The Morgan fingerprint density at radius 1 is 1.07 bits per heavy atom. The van der Waals surface area contributed by atoms with Crippen molar-refractivity contribution in [1.29, 1.82) is 0 Å². The van der Waals surface area contributed by atoms with Gasteiger partial charge in [-0.3, -0.25) is 4.79 Å². The van der Waals surface area contributed by atoms with E-state index in [2.05, 4.69) is 9.71 Å². The van der Waals surface area contributed by atoms with Crippen molar-refractivity contribution in [1.82, 2.24) is 9.71 Å². The number of ether oxygens (including phenoxy) is 1. The van der Waals surface area contributed by atoms with Crippen molar-refractivity contribution in [2.75, 3.05) is 13.7 Å². The van der Waals surface area contributed by atoms with E-state index in [4.69, 9.17) is 4.74 Å². The average molecular weight is 386 g/mol. The van der Waals surface area contributed by atoms with E-state index >= 15 is 0 Å². The first-order chi connectivity index (χ1) is 12.9. The van der Waals surface area contributed by atoms with Gasteiger partial charge in [0.2, 0.25) is 10.0 Å². The van der Waals surface area contributed by atoms with Crippen LogP contribution in [0.15, 0.2) is 53.3 Å². The topological polar surface area (TPSA) is 88.3 Å². The number of fused-ring (bicyclic) bond motifs is 1. The molecular formula is C20H22N2O4S. The van der Waals surface area contributed by atoms with E-state index in [9.17, 15) is 13.2 Å². The second kappa shape index (κ2) is 7.94. The molecule has 0 saturated heterocycles. The van der Waals surface area contributed by atoms with Crippen LogP contribution >= 0.6 is 0 Å². The Labute approximate surface area is 158 Å². The van der Waals surface area contributed by atoms with Crippen molar-refractivity contribution in [3.05, 3.63) is 75.6 Å². The third-order valence-electron chi connectivity index (χ3n) is 4.32. The number of aromatic nitrogens is 1. The third-order valence-corrected chi connectivity index (χ3v) is 5.68. The van der Waals surface area contributed by atoms with Crippen LogP contribution in [0.3, 0.4) is 0 Å². The van der Waals surface area contributed by atoms with Gasteiger partial charge in [0.15, 0.2) is 0 Å². The van der Waals surface area contributed by atoms with Crippen LogP contribution in [0.5, 0.6) is 5.75 Å². The molecule has 6 nitrogen and oxygen atoms in total. The molecule has 3 rings (SSSR count). The molecule has 3 aromatic rings. The van der Waals surface area contributed by atoms with Gasteiger partial charge in [0.25, 0.3) is 5.56 Å². The van der Waals surface area contributed by atoms with Crippen LogP contribution in [0.2, 0.25) is 0 Å². The van der Waals surface area contributed by atoms with Crippen molar-refractivity contribution in [3.63, 3.8) is 0 Å². The van der Waals surface area contributed by atoms with Gasteiger partial charge in [0.1, 0.15) is 5.75 Å². The Bertz CT molecular complexity index is 1100. The molecule has 0 radical (unpaired) electrons. The summed E-state index contributed by atoms with van der Waals surface area (Å²) in [4.78, 5) is 15.0. The SMILES string of the molecule is COc1ccc2[nH]c(=O)c(CCNS(=O)(=O)Cc3ccc(C)cc3)cc2c1. The Hall–Kier alpha value is -2.64. The highest BCUT2D eigenvalue weighted by Gasteiger charge is 2.12. The number of aromatic amines is 1. The lowest BCUT2D eigenvalue weighted by Gasteiger charge is -2.08. The van der Waals surface area contributed by atoms with E-state index in [0.29, 0.717) is 23.3 Å². The zero-order valence-corrected chi connectivity index (χ0v) is 16.1. The molecule has 7 heteroatoms. The number of hydrogen-bond donors (Lipinski definition) is 2. The molecule has 0 spiro atoms. The fourth-order valence-electron chi connectivity index (χ4n) is 2.84. The molecule has 0 fully saturated rings. The van der Waals surface area contributed by atoms with Gasteiger partial charge in [0, 0.05) is 23.0 Å². The maximum absolute atomic E-state index is 12.2. The van der Waals surface area contributed by atoms with Gasteiger partial charge in [-0.05, 0) is 43.2 Å². The van der Waals surface area contributed by atoms with E-state index in [-0.39, 0.29) is 17.9 Å². The monoisotopic (exact) mass is 386 g/mol. The normalized spacial score (nSPS) is 11.6. The van der Waals surface area contributed by atoms with Crippen LogP contribution in [0.4, 0.5) is 0 Å². The molecule has 0 aliphatic heterocycles. The van der Waals surface area contributed by atoms with Crippen LogP contribution in [-0.4, -0.2) is 27.1 Å². The minimum atomic E-state index is -3.47. The summed E-state index contributed by atoms with van der Waals surface area (Å²) in [7, 11) is -1.89. The first kappa shape index (κ1) is 19.1. The van der Waals surface area contributed by atoms with Gasteiger partial charge in [0.05, 0.1) is 12.9 Å². The number of methoxy groups -OCH3 is 1. The first-order valence-electron chi connectivity index (χ1n) is 8.59. The van der Waals surface area contributed by atoms with Crippen LogP contribution < -0.4 is 15.0 Å². The summed E-state index contributed by atoms with van der Waals surface area (Å²) < 4.78 is 32.2. The largest absolute Gasteiger partial charge is 0.497 e. The molecule has 1 heterocycles. The highest BCUT2D eigenvalue weighted by molar-refractivity contribution is 7.88. The second-order valence-electron chi connectivity index (χ2n) is 6.47. The van der Waals surface area contributed by atoms with Crippen molar-refractivity contribution in [2.24, 2.45) is 0 Å². The fraction of sp³-hybridized carbons (Fsp3) is 0.250. The fourth-order valence-corrected chi connectivity index (χ4v) is 3.98. The lowest BCUT2D eigenvalue weighted by atomic mass is 10.1. The van der Waals surface area contributed by atoms with Crippen LogP contribution in [-0.2, 0) is 22.2 Å². The van der Waals surface area contributed by atoms with Gasteiger partial charge in [-0.25, -0.2) is 13.1 Å². The number of benzene rings is 2. The third kappa shape index (κ3) is 4.96. The number of rotatable bonds is 7. The van der Waals surface area contributed by atoms with E-state index in [1.54, 1.807) is 37.4 Å². The highest BCUT2D eigenvalue weighted by atomic mass is 32.2. The summed E-state index contributed by atoms with van der Waals surface area (Å²) in [6.45, 7) is 2.11. The smallest absolute Gasteiger partial charge is 0.251 e. The molecule has 2 N–H and O–H groups in total. The predicted octanol–water partition coefficient (Wildman–Crippen LogP) is 2.51. The molecule has 1 aromatic heterocycles. The second-order valence-corrected chi connectivity index (χ2v) is 8.27. The molecular weight excluding hydrogens is 364 g/mol. The summed E-state index contributed by atoms with van der Waals surface area (Å²) in [5.74, 6) is 0.609.